The molecule has 10 radical (unpaired) electrons. The fourth-order valence-electron chi connectivity index (χ4n) is 0. The van der Waals surface area contributed by atoms with Gasteiger partial charge in [-0.1, -0.05) is 6.92 Å². The van der Waals surface area contributed by atoms with Crippen LogP contribution in [0.3, 0.4) is 0 Å². The number of rotatable bonds is 0. The van der Waals surface area contributed by atoms with E-state index in [1.807, 2.05) is 13.0 Å². The molecular weight excluding hydrogens is 374 g/mol. The summed E-state index contributed by atoms with van der Waals surface area (Å²) in [5.74, 6) is 0. The summed E-state index contributed by atoms with van der Waals surface area (Å²) in [6.45, 7) is 24.3. The third kappa shape index (κ3) is 6240. The van der Waals surface area contributed by atoms with Gasteiger partial charge in [0.05, 0.1) is 6.07 Å². The average molecular weight is 379 g/mol. The molecule has 0 fully saturated rings. The van der Waals surface area contributed by atoms with Gasteiger partial charge in [0.2, 0.25) is 0 Å². The Balaban J connectivity index is -0.0000000105. The van der Waals surface area contributed by atoms with Gasteiger partial charge in [0.15, 0.2) is 0 Å². The van der Waals surface area contributed by atoms with Crippen molar-refractivity contribution in [3.63, 3.8) is 0 Å². The molecule has 0 aliphatic rings. The molecule has 15 heavy (non-hydrogen) atoms. The predicted octanol–water partition coefficient (Wildman–Crippen LogP) is -1.07. The van der Waals surface area contributed by atoms with E-state index in [4.69, 9.17) is 29.2 Å². The Bertz CT molecular complexity index is 87.9. The molecule has 0 atom stereocenters. The fourth-order valence-corrected chi connectivity index (χ4v) is 0. The summed E-state index contributed by atoms with van der Waals surface area (Å²) in [6.07, 6.45) is 0.625. The van der Waals surface area contributed by atoms with E-state index in [1.165, 1.54) is 0 Å². The van der Waals surface area contributed by atoms with Crippen molar-refractivity contribution in [2.24, 2.45) is 0 Å². The van der Waals surface area contributed by atoms with E-state index < -0.39 is 0 Å². The van der Waals surface area contributed by atoms with Crippen molar-refractivity contribution >= 4 is 33.9 Å². The van der Waals surface area contributed by atoms with E-state index >= 15 is 0 Å². The van der Waals surface area contributed by atoms with Crippen LogP contribution in [0.15, 0.2) is 0 Å². The third-order valence-electron chi connectivity index (χ3n) is 0.158. The first-order valence-corrected chi connectivity index (χ1v) is 2.30. The maximum Gasteiger partial charge on any atom is 0.281 e. The molecule has 0 rings (SSSR count). The van der Waals surface area contributed by atoms with Crippen molar-refractivity contribution in [1.29, 1.82) is 5.26 Å². The topological polar surface area (TPSA) is 109 Å². The molecule has 7 heteroatoms. The maximum absolute atomic E-state index is 7.62. The van der Waals surface area contributed by atoms with E-state index in [9.17, 15) is 0 Å². The molecule has 0 aromatic heterocycles. The minimum atomic E-state index is 0. The van der Waals surface area contributed by atoms with Crippen LogP contribution in [0.2, 0.25) is 0 Å². The smallest absolute Gasteiger partial charge is 0.281 e. The molecule has 0 heterocycles. The molecule has 0 aromatic rings. The summed E-state index contributed by atoms with van der Waals surface area (Å²) in [5, 5.41) is 7.62. The van der Waals surface area contributed by atoms with Gasteiger partial charge in [0.1, 0.15) is 0 Å². The largest absolute Gasteiger partial charge is 0.281 e. The summed E-state index contributed by atoms with van der Waals surface area (Å²) in [6, 6.07) is 1.93. The number of hydrogen-bond acceptors (Lipinski definition) is 6. The second-order valence-corrected chi connectivity index (χ2v) is 0.512. The molecule has 0 N–H and O–H groups in total. The van der Waals surface area contributed by atoms with Gasteiger partial charge < -0.3 is 0 Å². The van der Waals surface area contributed by atoms with Crippen molar-refractivity contribution in [1.82, 2.24) is 0 Å². The van der Waals surface area contributed by atoms with Gasteiger partial charge in [0, 0.05) is 27.5 Å². The van der Waals surface area contributed by atoms with Crippen molar-refractivity contribution in [3.05, 3.63) is 0 Å². The Labute approximate surface area is 104 Å². The first kappa shape index (κ1) is 49.8. The van der Waals surface area contributed by atoms with Crippen LogP contribution < -0.4 is 0 Å². The first-order chi connectivity index (χ1) is 6.91. The van der Waals surface area contributed by atoms with Gasteiger partial charge >= 0.3 is 0 Å². The van der Waals surface area contributed by atoms with Crippen LogP contribution in [0, 0.1) is 11.3 Å². The van der Waals surface area contributed by atoms with Gasteiger partial charge in [-0.05, 0) is 0 Å². The summed E-state index contributed by atoms with van der Waals surface area (Å²) < 4.78 is 0. The van der Waals surface area contributed by atoms with Crippen LogP contribution in [-0.4, -0.2) is 33.9 Å². The molecule has 6 nitrogen and oxygen atoms in total. The fraction of sp³-hybridized carbons (Fsp3) is 0.250. The first-order valence-electron chi connectivity index (χ1n) is 2.30. The maximum atomic E-state index is 7.62. The molecule has 0 aliphatic carbocycles. The van der Waals surface area contributed by atoms with E-state index in [0.717, 1.165) is 0 Å². The Kier molecular flexibility index (Phi) is 19800. The molecule has 0 saturated carbocycles. The Morgan fingerprint density at radius 1 is 0.800 bits per heavy atom. The van der Waals surface area contributed by atoms with Crippen molar-refractivity contribution < 1.29 is 45.0 Å². The van der Waals surface area contributed by atoms with E-state index in [1.54, 1.807) is 0 Å². The summed E-state index contributed by atoms with van der Waals surface area (Å²) in [7, 11) is 0. The molecule has 0 spiro atoms. The molecule has 0 saturated heterocycles. The molecule has 0 aliphatic heterocycles. The zero-order valence-corrected chi connectivity index (χ0v) is 10.5. The SMILES string of the molecule is CCC#N.[C]=O.[C]=O.[C]=O.[C]=O.[C]=O.[W]. The van der Waals surface area contributed by atoms with Crippen LogP contribution >= 0.6 is 0 Å². The quantitative estimate of drug-likeness (QED) is 0.531. The summed E-state index contributed by atoms with van der Waals surface area (Å²) in [5.41, 5.74) is 0. The standard InChI is InChI=1S/C3H5N.5CO.W/c1-2-3-4;5*1-2;/h2H2,1H3;;;;;;. The predicted molar refractivity (Wildman–Crippen MR) is 44.4 cm³/mol. The van der Waals surface area contributed by atoms with Gasteiger partial charge in [-0.15, -0.1) is 0 Å². The Hall–Kier alpha value is -1.47. The molecule has 0 amide bonds. The summed E-state index contributed by atoms with van der Waals surface area (Å²) >= 11 is 0. The van der Waals surface area contributed by atoms with Crippen LogP contribution in [0.1, 0.15) is 13.3 Å². The monoisotopic (exact) mass is 379 g/mol. The van der Waals surface area contributed by atoms with Crippen LogP contribution in [0.5, 0.6) is 0 Å². The Morgan fingerprint density at radius 2 is 0.867 bits per heavy atom. The van der Waals surface area contributed by atoms with E-state index in [0.29, 0.717) is 6.42 Å². The Morgan fingerprint density at radius 3 is 0.867 bits per heavy atom. The number of nitriles is 1. The van der Waals surface area contributed by atoms with Crippen molar-refractivity contribution in [2.45, 2.75) is 13.3 Å². The van der Waals surface area contributed by atoms with Gasteiger partial charge in [-0.25, -0.2) is 0 Å². The minimum absolute atomic E-state index is 0. The zero-order chi connectivity index (χ0) is 13.4. The summed E-state index contributed by atoms with van der Waals surface area (Å²) in [4.78, 5) is 37.5. The van der Waals surface area contributed by atoms with Crippen LogP contribution in [0.25, 0.3) is 0 Å². The average Bonchev–Trinajstić information content (AvgIpc) is 2.41. The number of carbonyl (C=O) groups excluding carboxylic acids is 5. The molecule has 0 unspecified atom stereocenters. The van der Waals surface area contributed by atoms with Crippen LogP contribution in [0.4, 0.5) is 0 Å². The molecule has 0 aromatic carbocycles. The molecule has 0 bridgehead atoms. The third-order valence-corrected chi connectivity index (χ3v) is 0.158. The minimum Gasteiger partial charge on any atom is -0.281 e. The van der Waals surface area contributed by atoms with Gasteiger partial charge in [-0.2, -0.15) is 5.26 Å². The van der Waals surface area contributed by atoms with Crippen LogP contribution in [-0.2, 0) is 45.0 Å². The van der Waals surface area contributed by atoms with Gasteiger partial charge in [-0.3, -0.25) is 24.0 Å². The van der Waals surface area contributed by atoms with Crippen molar-refractivity contribution in [3.8, 4) is 6.07 Å². The van der Waals surface area contributed by atoms with E-state index in [2.05, 4.69) is 33.9 Å². The van der Waals surface area contributed by atoms with Gasteiger partial charge in [0.25, 0.3) is 33.9 Å². The zero-order valence-electron chi connectivity index (χ0n) is 7.60. The number of nitrogens with zero attached hydrogens (tertiary/aromatic N) is 1. The van der Waals surface area contributed by atoms with E-state index in [-0.39, 0.29) is 21.1 Å². The second kappa shape index (κ2) is 5970. The normalized spacial score (nSPS) is 2.67. The second-order valence-electron chi connectivity index (χ2n) is 0.512. The molecular formula is C8H5NO5W. The molecule has 78 valence electrons. The number of hydrogen-bond donors (Lipinski definition) is 0. The van der Waals surface area contributed by atoms with Crippen molar-refractivity contribution in [2.75, 3.05) is 0 Å².